The van der Waals surface area contributed by atoms with Crippen molar-refractivity contribution in [2.75, 3.05) is 12.0 Å². The molecule has 0 saturated carbocycles. The average molecular weight is 277 g/mol. The predicted molar refractivity (Wildman–Crippen MR) is 75.0 cm³/mol. The van der Waals surface area contributed by atoms with Crippen molar-refractivity contribution in [2.45, 2.75) is 45.8 Å². The summed E-state index contributed by atoms with van der Waals surface area (Å²) in [6.45, 7) is 4.88. The molecule has 0 aliphatic heterocycles. The summed E-state index contributed by atoms with van der Waals surface area (Å²) in [5, 5.41) is 15.1. The molecule has 1 heterocycles. The lowest BCUT2D eigenvalue weighted by atomic mass is 10.1. The zero-order chi connectivity index (χ0) is 12.8. The fraction of sp³-hybridized carbons (Fsp3) is 0.750. The van der Waals surface area contributed by atoms with Crippen molar-refractivity contribution in [3.05, 3.63) is 16.4 Å². The summed E-state index contributed by atoms with van der Waals surface area (Å²) in [6.07, 6.45) is 3.95. The highest BCUT2D eigenvalue weighted by Crippen LogP contribution is 2.23. The van der Waals surface area contributed by atoms with Gasteiger partial charge in [0.2, 0.25) is 0 Å². The summed E-state index contributed by atoms with van der Waals surface area (Å²) in [7, 11) is 0. The lowest BCUT2D eigenvalue weighted by Gasteiger charge is -2.11. The van der Waals surface area contributed by atoms with Gasteiger partial charge in [-0.3, -0.25) is 4.68 Å². The second kappa shape index (κ2) is 7.29. The Balaban J connectivity index is 2.78. The second-order valence-corrected chi connectivity index (χ2v) is 5.38. The quantitative estimate of drug-likeness (QED) is 0.832. The van der Waals surface area contributed by atoms with E-state index < -0.39 is 0 Å². The third kappa shape index (κ3) is 3.90. The number of aromatic nitrogens is 2. The first-order valence-electron chi connectivity index (χ1n) is 6.05. The van der Waals surface area contributed by atoms with Crippen LogP contribution in [-0.2, 0) is 19.4 Å². The summed E-state index contributed by atoms with van der Waals surface area (Å²) in [5.74, 6) is 0.972. The van der Waals surface area contributed by atoms with Gasteiger partial charge in [-0.25, -0.2) is 0 Å². The average Bonchev–Trinajstić information content (AvgIpc) is 2.63. The molecule has 0 aliphatic rings. The summed E-state index contributed by atoms with van der Waals surface area (Å²) >= 11 is 8.04. The number of aliphatic hydroxyl groups is 1. The summed E-state index contributed by atoms with van der Waals surface area (Å²) < 4.78 is 1.91. The number of aliphatic hydroxyl groups excluding tert-OH is 1. The van der Waals surface area contributed by atoms with Crippen LogP contribution in [0.5, 0.6) is 0 Å². The van der Waals surface area contributed by atoms with Crippen molar-refractivity contribution >= 4 is 23.4 Å². The molecule has 0 amide bonds. The van der Waals surface area contributed by atoms with E-state index in [0.29, 0.717) is 6.42 Å². The third-order valence-electron chi connectivity index (χ3n) is 2.78. The van der Waals surface area contributed by atoms with Crippen LogP contribution in [0, 0.1) is 0 Å². The van der Waals surface area contributed by atoms with Crippen molar-refractivity contribution in [3.8, 4) is 0 Å². The van der Waals surface area contributed by atoms with Gasteiger partial charge in [-0.2, -0.15) is 16.9 Å². The molecule has 1 rings (SSSR count). The molecular weight excluding hydrogens is 256 g/mol. The van der Waals surface area contributed by atoms with Crippen LogP contribution in [0.1, 0.15) is 31.7 Å². The zero-order valence-electron chi connectivity index (χ0n) is 10.7. The molecule has 0 fully saturated rings. The molecule has 0 radical (unpaired) electrons. The first-order chi connectivity index (χ1) is 8.13. The molecule has 1 atom stereocenters. The van der Waals surface area contributed by atoms with Crippen LogP contribution in [0.3, 0.4) is 0 Å². The Morgan fingerprint density at radius 1 is 1.47 bits per heavy atom. The molecular formula is C12H21ClN2OS. The number of rotatable bonds is 7. The third-order valence-corrected chi connectivity index (χ3v) is 3.86. The number of hydrogen-bond donors (Lipinski definition) is 1. The number of nitrogens with zero attached hydrogens (tertiary/aromatic N) is 2. The van der Waals surface area contributed by atoms with E-state index in [-0.39, 0.29) is 6.10 Å². The van der Waals surface area contributed by atoms with E-state index in [1.807, 2.05) is 24.8 Å². The fourth-order valence-electron chi connectivity index (χ4n) is 1.79. The molecule has 0 saturated heterocycles. The first kappa shape index (κ1) is 14.9. The van der Waals surface area contributed by atoms with Crippen molar-refractivity contribution in [1.82, 2.24) is 9.78 Å². The highest BCUT2D eigenvalue weighted by molar-refractivity contribution is 7.98. The second-order valence-electron chi connectivity index (χ2n) is 4.02. The fourth-order valence-corrected chi connectivity index (χ4v) is 2.65. The summed E-state index contributed by atoms with van der Waals surface area (Å²) in [6, 6.07) is 0. The van der Waals surface area contributed by atoms with Crippen LogP contribution in [0.4, 0.5) is 0 Å². The Morgan fingerprint density at radius 2 is 2.18 bits per heavy atom. The van der Waals surface area contributed by atoms with Crippen LogP contribution in [-0.4, -0.2) is 33.0 Å². The van der Waals surface area contributed by atoms with E-state index >= 15 is 0 Å². The highest BCUT2D eigenvalue weighted by atomic mass is 35.5. The molecule has 0 bridgehead atoms. The normalized spacial score (nSPS) is 13.0. The zero-order valence-corrected chi connectivity index (χ0v) is 12.3. The topological polar surface area (TPSA) is 38.0 Å². The number of hydrogen-bond acceptors (Lipinski definition) is 3. The van der Waals surface area contributed by atoms with E-state index in [0.717, 1.165) is 41.5 Å². The van der Waals surface area contributed by atoms with Crippen molar-refractivity contribution in [2.24, 2.45) is 0 Å². The van der Waals surface area contributed by atoms with E-state index in [1.54, 1.807) is 11.8 Å². The maximum Gasteiger partial charge on any atom is 0.0850 e. The first-order valence-corrected chi connectivity index (χ1v) is 7.82. The summed E-state index contributed by atoms with van der Waals surface area (Å²) in [5.41, 5.74) is 1.90. The summed E-state index contributed by atoms with van der Waals surface area (Å²) in [4.78, 5) is 0. The predicted octanol–water partition coefficient (Wildman–Crippen LogP) is 2.78. The minimum atomic E-state index is -0.327. The SMILES string of the molecule is CCc1nn(CC)c(CC(O)CCSC)c1Cl. The Bertz CT molecular complexity index is 355. The molecule has 0 spiro atoms. The van der Waals surface area contributed by atoms with Crippen molar-refractivity contribution < 1.29 is 5.11 Å². The Labute approximate surface area is 113 Å². The lowest BCUT2D eigenvalue weighted by molar-refractivity contribution is 0.169. The molecule has 1 aromatic heterocycles. The standard InChI is InChI=1S/C12H21ClN2OS/c1-4-10-12(13)11(15(5-2)14-10)8-9(16)6-7-17-3/h9,16H,4-8H2,1-3H3. The minimum Gasteiger partial charge on any atom is -0.393 e. The van der Waals surface area contributed by atoms with E-state index in [4.69, 9.17) is 11.6 Å². The van der Waals surface area contributed by atoms with Gasteiger partial charge in [0, 0.05) is 13.0 Å². The maximum absolute atomic E-state index is 9.95. The monoisotopic (exact) mass is 276 g/mol. The van der Waals surface area contributed by atoms with Gasteiger partial charge in [0.25, 0.3) is 0 Å². The van der Waals surface area contributed by atoms with Crippen LogP contribution >= 0.6 is 23.4 Å². The molecule has 17 heavy (non-hydrogen) atoms. The molecule has 0 aliphatic carbocycles. The molecule has 0 aromatic carbocycles. The van der Waals surface area contributed by atoms with Gasteiger partial charge in [0.05, 0.1) is 22.5 Å². The number of halogens is 1. The number of thioether (sulfide) groups is 1. The number of aryl methyl sites for hydroxylation is 2. The maximum atomic E-state index is 9.95. The molecule has 98 valence electrons. The Hall–Kier alpha value is -0.190. The Kier molecular flexibility index (Phi) is 6.38. The van der Waals surface area contributed by atoms with Crippen LogP contribution in [0.25, 0.3) is 0 Å². The van der Waals surface area contributed by atoms with Gasteiger partial charge in [-0.1, -0.05) is 18.5 Å². The molecule has 1 N–H and O–H groups in total. The highest BCUT2D eigenvalue weighted by Gasteiger charge is 2.17. The van der Waals surface area contributed by atoms with E-state index in [2.05, 4.69) is 5.10 Å². The Morgan fingerprint density at radius 3 is 2.71 bits per heavy atom. The van der Waals surface area contributed by atoms with Gasteiger partial charge < -0.3 is 5.11 Å². The van der Waals surface area contributed by atoms with Gasteiger partial charge in [0.15, 0.2) is 0 Å². The molecule has 5 heteroatoms. The van der Waals surface area contributed by atoms with Gasteiger partial charge in [-0.05, 0) is 31.8 Å². The van der Waals surface area contributed by atoms with E-state index in [1.165, 1.54) is 0 Å². The van der Waals surface area contributed by atoms with Crippen LogP contribution in [0.15, 0.2) is 0 Å². The van der Waals surface area contributed by atoms with Crippen molar-refractivity contribution in [3.63, 3.8) is 0 Å². The molecule has 1 aromatic rings. The smallest absolute Gasteiger partial charge is 0.0850 e. The molecule has 1 unspecified atom stereocenters. The minimum absolute atomic E-state index is 0.327. The van der Waals surface area contributed by atoms with Gasteiger partial charge in [0.1, 0.15) is 0 Å². The van der Waals surface area contributed by atoms with Gasteiger partial charge in [-0.15, -0.1) is 0 Å². The van der Waals surface area contributed by atoms with Crippen LogP contribution < -0.4 is 0 Å². The molecule has 3 nitrogen and oxygen atoms in total. The largest absolute Gasteiger partial charge is 0.393 e. The lowest BCUT2D eigenvalue weighted by Crippen LogP contribution is -2.15. The van der Waals surface area contributed by atoms with Crippen LogP contribution in [0.2, 0.25) is 5.02 Å². The van der Waals surface area contributed by atoms with Gasteiger partial charge >= 0.3 is 0 Å². The van der Waals surface area contributed by atoms with Crippen molar-refractivity contribution in [1.29, 1.82) is 0 Å². The van der Waals surface area contributed by atoms with E-state index in [9.17, 15) is 5.11 Å².